The molecule has 3 amide bonds. The third-order valence-electron chi connectivity index (χ3n) is 5.25. The van der Waals surface area contributed by atoms with E-state index in [4.69, 9.17) is 10.5 Å². The van der Waals surface area contributed by atoms with E-state index in [1.807, 2.05) is 13.8 Å². The number of urea groups is 1. The largest absolute Gasteiger partial charge is 0.461 e. The lowest BCUT2D eigenvalue weighted by Gasteiger charge is -2.39. The van der Waals surface area contributed by atoms with Crippen LogP contribution < -0.4 is 21.1 Å². The SMILES string of the molecule is Cc1nnc2sc(C(=O)NC3CN(C(=O)Nc4ccc(OC(C)F)cc4)C3)c(N)c2c1C. The summed E-state index contributed by atoms with van der Waals surface area (Å²) in [4.78, 5) is 27.7. The molecule has 1 aliphatic heterocycles. The molecule has 1 aliphatic rings. The van der Waals surface area contributed by atoms with Crippen LogP contribution in [0.3, 0.4) is 0 Å². The summed E-state index contributed by atoms with van der Waals surface area (Å²) >= 11 is 1.21. The summed E-state index contributed by atoms with van der Waals surface area (Å²) in [6.45, 7) is 5.79. The number of aromatic nitrogens is 2. The maximum Gasteiger partial charge on any atom is 0.321 e. The number of rotatable bonds is 5. The Morgan fingerprint density at radius 1 is 1.25 bits per heavy atom. The number of carbonyl (C=O) groups is 2. The van der Waals surface area contributed by atoms with Crippen LogP contribution in [0.2, 0.25) is 0 Å². The number of hydrogen-bond acceptors (Lipinski definition) is 7. The summed E-state index contributed by atoms with van der Waals surface area (Å²) in [5.74, 6) is 0.0897. The van der Waals surface area contributed by atoms with Gasteiger partial charge in [0.25, 0.3) is 5.91 Å². The van der Waals surface area contributed by atoms with E-state index < -0.39 is 6.36 Å². The summed E-state index contributed by atoms with van der Waals surface area (Å²) in [6, 6.07) is 5.96. The minimum Gasteiger partial charge on any atom is -0.461 e. The predicted octanol–water partition coefficient (Wildman–Crippen LogP) is 3.23. The average Bonchev–Trinajstić information content (AvgIpc) is 3.05. The summed E-state index contributed by atoms with van der Waals surface area (Å²) in [5, 5.41) is 14.7. The number of anilines is 2. The Kier molecular flexibility index (Phi) is 5.83. The number of halogens is 1. The molecule has 32 heavy (non-hydrogen) atoms. The number of ether oxygens (including phenoxy) is 1. The minimum atomic E-state index is -1.41. The molecule has 1 atom stereocenters. The standard InChI is InChI=1S/C21H23FN6O3S/c1-10-11(2)26-27-20-16(10)17(23)18(32-20)19(29)24-14-8-28(9-14)21(30)25-13-4-6-15(7-5-13)31-12(3)22/h4-7,12,14H,8-9,23H2,1-3H3,(H,24,29)(H,25,30). The number of alkyl halides is 1. The molecule has 1 fully saturated rings. The van der Waals surface area contributed by atoms with Crippen molar-refractivity contribution in [3.63, 3.8) is 0 Å². The highest BCUT2D eigenvalue weighted by atomic mass is 32.1. The van der Waals surface area contributed by atoms with Gasteiger partial charge in [-0.1, -0.05) is 0 Å². The van der Waals surface area contributed by atoms with E-state index in [2.05, 4.69) is 20.8 Å². The highest BCUT2D eigenvalue weighted by Gasteiger charge is 2.33. The van der Waals surface area contributed by atoms with E-state index in [1.54, 1.807) is 29.2 Å². The zero-order valence-corrected chi connectivity index (χ0v) is 18.6. The number of nitrogen functional groups attached to an aromatic ring is 1. The second kappa shape index (κ2) is 8.58. The van der Waals surface area contributed by atoms with Gasteiger partial charge in [-0.3, -0.25) is 4.79 Å². The van der Waals surface area contributed by atoms with Gasteiger partial charge in [-0.25, -0.2) is 9.18 Å². The van der Waals surface area contributed by atoms with E-state index in [9.17, 15) is 14.0 Å². The Balaban J connectivity index is 1.32. The average molecular weight is 459 g/mol. The molecule has 0 saturated carbocycles. The Bertz CT molecular complexity index is 1170. The number of carbonyl (C=O) groups excluding carboxylic acids is 2. The van der Waals surface area contributed by atoms with Crippen LogP contribution in [0.15, 0.2) is 24.3 Å². The first kappa shape index (κ1) is 21.8. The number of amides is 3. The maximum atomic E-state index is 12.9. The zero-order valence-electron chi connectivity index (χ0n) is 17.8. The van der Waals surface area contributed by atoms with Crippen LogP contribution in [-0.4, -0.2) is 52.5 Å². The van der Waals surface area contributed by atoms with Crippen molar-refractivity contribution in [3.05, 3.63) is 40.4 Å². The summed E-state index contributed by atoms with van der Waals surface area (Å²) in [7, 11) is 0. The molecule has 4 rings (SSSR count). The minimum absolute atomic E-state index is 0.173. The van der Waals surface area contributed by atoms with Crippen LogP contribution in [0.1, 0.15) is 27.9 Å². The van der Waals surface area contributed by atoms with Gasteiger partial charge in [0, 0.05) is 31.1 Å². The van der Waals surface area contributed by atoms with Gasteiger partial charge in [-0.15, -0.1) is 16.4 Å². The molecule has 0 radical (unpaired) electrons. The molecular formula is C21H23FN6O3S. The first-order valence-corrected chi connectivity index (χ1v) is 10.8. The van der Waals surface area contributed by atoms with Crippen LogP contribution in [0, 0.1) is 13.8 Å². The normalized spacial score (nSPS) is 14.7. The number of nitrogens with zero attached hydrogens (tertiary/aromatic N) is 3. The number of nitrogens with one attached hydrogen (secondary N) is 2. The topological polar surface area (TPSA) is 122 Å². The molecule has 168 valence electrons. The number of likely N-dealkylation sites (tertiary alicyclic amines) is 1. The Labute approximate surface area is 187 Å². The van der Waals surface area contributed by atoms with Crippen LogP contribution in [0.4, 0.5) is 20.6 Å². The van der Waals surface area contributed by atoms with Gasteiger partial charge < -0.3 is 26.0 Å². The van der Waals surface area contributed by atoms with Gasteiger partial charge in [-0.2, -0.15) is 5.10 Å². The Morgan fingerprint density at radius 3 is 2.59 bits per heavy atom. The number of benzene rings is 1. The first-order valence-electron chi connectivity index (χ1n) is 10.0. The summed E-state index contributed by atoms with van der Waals surface area (Å²) in [6.07, 6.45) is -1.41. The predicted molar refractivity (Wildman–Crippen MR) is 121 cm³/mol. The molecule has 1 unspecified atom stereocenters. The molecule has 4 N–H and O–H groups in total. The van der Waals surface area contributed by atoms with Crippen LogP contribution >= 0.6 is 11.3 Å². The Morgan fingerprint density at radius 2 is 1.94 bits per heavy atom. The Hall–Kier alpha value is -3.47. The smallest absolute Gasteiger partial charge is 0.321 e. The molecule has 9 nitrogen and oxygen atoms in total. The van der Waals surface area contributed by atoms with Gasteiger partial charge in [0.05, 0.1) is 17.4 Å². The second-order valence-electron chi connectivity index (χ2n) is 7.63. The summed E-state index contributed by atoms with van der Waals surface area (Å²) < 4.78 is 17.8. The van der Waals surface area contributed by atoms with E-state index in [0.717, 1.165) is 16.6 Å². The van der Waals surface area contributed by atoms with Crippen molar-refractivity contribution in [2.24, 2.45) is 0 Å². The molecule has 1 aromatic carbocycles. The van der Waals surface area contributed by atoms with E-state index in [1.165, 1.54) is 18.3 Å². The van der Waals surface area contributed by atoms with Crippen LogP contribution in [0.25, 0.3) is 10.2 Å². The quantitative estimate of drug-likeness (QED) is 0.540. The summed E-state index contributed by atoms with van der Waals surface area (Å²) in [5.41, 5.74) is 8.87. The molecule has 3 heterocycles. The monoisotopic (exact) mass is 458 g/mol. The van der Waals surface area contributed by atoms with E-state index in [-0.39, 0.29) is 18.0 Å². The van der Waals surface area contributed by atoms with Crippen molar-refractivity contribution >= 4 is 44.9 Å². The van der Waals surface area contributed by atoms with Gasteiger partial charge in [0.15, 0.2) is 0 Å². The van der Waals surface area contributed by atoms with E-state index in [0.29, 0.717) is 39.9 Å². The van der Waals surface area contributed by atoms with Crippen molar-refractivity contribution in [2.75, 3.05) is 24.1 Å². The van der Waals surface area contributed by atoms with Gasteiger partial charge in [0.1, 0.15) is 15.5 Å². The second-order valence-corrected chi connectivity index (χ2v) is 8.63. The molecule has 0 spiro atoms. The lowest BCUT2D eigenvalue weighted by Crippen LogP contribution is -2.61. The molecular weight excluding hydrogens is 435 g/mol. The van der Waals surface area contributed by atoms with Crippen molar-refractivity contribution in [1.29, 1.82) is 0 Å². The number of thiophene rings is 1. The molecule has 1 saturated heterocycles. The first-order chi connectivity index (χ1) is 15.2. The fraction of sp³-hybridized carbons (Fsp3) is 0.333. The van der Waals surface area contributed by atoms with Crippen molar-refractivity contribution in [3.8, 4) is 5.75 Å². The number of hydrogen-bond donors (Lipinski definition) is 3. The molecule has 0 aliphatic carbocycles. The number of aryl methyl sites for hydroxylation is 2. The van der Waals surface area contributed by atoms with Gasteiger partial charge in [-0.05, 0) is 43.7 Å². The fourth-order valence-corrected chi connectivity index (χ4v) is 4.41. The number of fused-ring (bicyclic) bond motifs is 1. The lowest BCUT2D eigenvalue weighted by atomic mass is 10.1. The van der Waals surface area contributed by atoms with Crippen LogP contribution in [0.5, 0.6) is 5.75 Å². The fourth-order valence-electron chi connectivity index (χ4n) is 3.40. The molecule has 11 heteroatoms. The van der Waals surface area contributed by atoms with E-state index >= 15 is 0 Å². The van der Waals surface area contributed by atoms with Crippen molar-refractivity contribution in [1.82, 2.24) is 20.4 Å². The van der Waals surface area contributed by atoms with Gasteiger partial charge >= 0.3 is 6.03 Å². The highest BCUT2D eigenvalue weighted by Crippen LogP contribution is 2.35. The molecule has 0 bridgehead atoms. The molecule has 3 aromatic rings. The van der Waals surface area contributed by atoms with Gasteiger partial charge in [0.2, 0.25) is 6.36 Å². The number of nitrogens with two attached hydrogens (primary N) is 1. The van der Waals surface area contributed by atoms with Crippen molar-refractivity contribution in [2.45, 2.75) is 33.2 Å². The maximum absolute atomic E-state index is 12.9. The zero-order chi connectivity index (χ0) is 23.0. The molecule has 2 aromatic heterocycles. The lowest BCUT2D eigenvalue weighted by molar-refractivity contribution is 0.0859. The van der Waals surface area contributed by atoms with Crippen molar-refractivity contribution < 1.29 is 18.7 Å². The third-order valence-corrected chi connectivity index (χ3v) is 6.34. The third kappa shape index (κ3) is 4.28. The van der Waals surface area contributed by atoms with Crippen LogP contribution in [-0.2, 0) is 0 Å². The highest BCUT2D eigenvalue weighted by molar-refractivity contribution is 7.21.